The van der Waals surface area contributed by atoms with E-state index in [4.69, 9.17) is 9.47 Å². The summed E-state index contributed by atoms with van der Waals surface area (Å²) in [5, 5.41) is 0. The first kappa shape index (κ1) is 16.9. The molecule has 1 fully saturated rings. The summed E-state index contributed by atoms with van der Waals surface area (Å²) in [5.74, 6) is 2.42. The normalized spacial score (nSPS) is 16.8. The van der Waals surface area contributed by atoms with Crippen LogP contribution in [0.25, 0.3) is 0 Å². The fraction of sp³-hybridized carbons (Fsp3) is 0.474. The molecule has 1 aliphatic heterocycles. The number of aromatic nitrogens is 2. The van der Waals surface area contributed by atoms with Gasteiger partial charge < -0.3 is 18.9 Å². The molecule has 1 atom stereocenters. The van der Waals surface area contributed by atoms with Crippen LogP contribution in [0, 0.1) is 0 Å². The first-order chi connectivity index (χ1) is 12.5. The number of hydrogen-bond donors (Lipinski definition) is 0. The third kappa shape index (κ3) is 3.14. The van der Waals surface area contributed by atoms with Gasteiger partial charge >= 0.3 is 0 Å². The molecule has 1 aromatic carbocycles. The predicted octanol–water partition coefficient (Wildman–Crippen LogP) is 1.94. The average molecular weight is 356 g/mol. The van der Waals surface area contributed by atoms with Crippen LogP contribution in [0.5, 0.6) is 11.5 Å². The van der Waals surface area contributed by atoms with Crippen LogP contribution in [-0.4, -0.2) is 52.2 Å². The Kier molecular flexibility index (Phi) is 4.32. The van der Waals surface area contributed by atoms with Crippen molar-refractivity contribution in [1.29, 1.82) is 0 Å². The Morgan fingerprint density at radius 2 is 2.08 bits per heavy atom. The summed E-state index contributed by atoms with van der Waals surface area (Å²) >= 11 is 0. The van der Waals surface area contributed by atoms with Gasteiger partial charge in [-0.15, -0.1) is 0 Å². The molecule has 7 heteroatoms. The molecule has 1 amide bonds. The molecule has 0 saturated heterocycles. The first-order valence-corrected chi connectivity index (χ1v) is 8.87. The van der Waals surface area contributed by atoms with Crippen molar-refractivity contribution in [2.24, 2.45) is 7.05 Å². The topological polar surface area (TPSA) is 59.8 Å². The van der Waals surface area contributed by atoms with Crippen molar-refractivity contribution >= 4 is 5.91 Å². The molecule has 4 rings (SSSR count). The van der Waals surface area contributed by atoms with E-state index in [1.54, 1.807) is 6.20 Å². The van der Waals surface area contributed by atoms with Crippen molar-refractivity contribution in [2.45, 2.75) is 31.5 Å². The van der Waals surface area contributed by atoms with E-state index in [9.17, 15) is 4.79 Å². The van der Waals surface area contributed by atoms with Gasteiger partial charge in [0.2, 0.25) is 12.7 Å². The third-order valence-corrected chi connectivity index (χ3v) is 4.97. The molecule has 138 valence electrons. The summed E-state index contributed by atoms with van der Waals surface area (Å²) < 4.78 is 12.8. The second-order valence-corrected chi connectivity index (χ2v) is 7.13. The number of amides is 1. The average Bonchev–Trinajstić information content (AvgIpc) is 3.19. The van der Waals surface area contributed by atoms with Crippen LogP contribution in [0.4, 0.5) is 0 Å². The lowest BCUT2D eigenvalue weighted by atomic mass is 10.0. The Hall–Kier alpha value is -2.54. The number of carbonyl (C=O) groups excluding carboxylic acids is 1. The summed E-state index contributed by atoms with van der Waals surface area (Å²) in [4.78, 5) is 21.8. The van der Waals surface area contributed by atoms with E-state index in [0.717, 1.165) is 30.0 Å². The molecule has 0 radical (unpaired) electrons. The van der Waals surface area contributed by atoms with Crippen LogP contribution in [0.3, 0.4) is 0 Å². The molecular formula is C19H24N4O3. The Labute approximate surface area is 153 Å². The predicted molar refractivity (Wildman–Crippen MR) is 95.8 cm³/mol. The second-order valence-electron chi connectivity index (χ2n) is 7.13. The summed E-state index contributed by atoms with van der Waals surface area (Å²) in [6.45, 7) is 0.759. The molecule has 1 saturated carbocycles. The number of aryl methyl sites for hydroxylation is 1. The van der Waals surface area contributed by atoms with E-state index in [0.29, 0.717) is 18.3 Å². The van der Waals surface area contributed by atoms with Gasteiger partial charge in [-0.2, -0.15) is 0 Å². The fourth-order valence-corrected chi connectivity index (χ4v) is 3.38. The van der Waals surface area contributed by atoms with Crippen LogP contribution >= 0.6 is 0 Å². The number of imidazole rings is 1. The van der Waals surface area contributed by atoms with Gasteiger partial charge in [-0.25, -0.2) is 4.98 Å². The minimum Gasteiger partial charge on any atom is -0.454 e. The zero-order valence-electron chi connectivity index (χ0n) is 15.4. The van der Waals surface area contributed by atoms with Crippen molar-refractivity contribution < 1.29 is 14.3 Å². The highest BCUT2D eigenvalue weighted by molar-refractivity contribution is 5.84. The molecule has 0 N–H and O–H groups in total. The molecular weight excluding hydrogens is 332 g/mol. The Morgan fingerprint density at radius 3 is 2.73 bits per heavy atom. The molecule has 1 aromatic heterocycles. The van der Waals surface area contributed by atoms with Crippen LogP contribution in [-0.2, 0) is 18.4 Å². The van der Waals surface area contributed by atoms with Gasteiger partial charge in [0, 0.05) is 25.5 Å². The highest BCUT2D eigenvalue weighted by atomic mass is 16.7. The quantitative estimate of drug-likeness (QED) is 0.792. The van der Waals surface area contributed by atoms with Crippen LogP contribution in [0.15, 0.2) is 30.6 Å². The largest absolute Gasteiger partial charge is 0.454 e. The molecule has 2 aliphatic rings. The molecule has 26 heavy (non-hydrogen) atoms. The van der Waals surface area contributed by atoms with Gasteiger partial charge in [-0.05, 0) is 44.6 Å². The summed E-state index contributed by atoms with van der Waals surface area (Å²) in [7, 11) is 5.82. The summed E-state index contributed by atoms with van der Waals surface area (Å²) in [6, 6.07) is 5.67. The van der Waals surface area contributed by atoms with Crippen molar-refractivity contribution in [3.8, 4) is 11.5 Å². The lowest BCUT2D eigenvalue weighted by Crippen LogP contribution is -2.41. The van der Waals surface area contributed by atoms with E-state index in [1.165, 1.54) is 0 Å². The third-order valence-electron chi connectivity index (χ3n) is 4.97. The van der Waals surface area contributed by atoms with Crippen LogP contribution in [0.1, 0.15) is 30.3 Å². The smallest absolute Gasteiger partial charge is 0.245 e. The van der Waals surface area contributed by atoms with Gasteiger partial charge in [-0.3, -0.25) is 9.69 Å². The minimum absolute atomic E-state index is 0.0966. The second kappa shape index (κ2) is 6.64. The van der Waals surface area contributed by atoms with Crippen molar-refractivity contribution in [3.05, 3.63) is 42.0 Å². The maximum atomic E-state index is 13.5. The molecule has 1 aliphatic carbocycles. The first-order valence-electron chi connectivity index (χ1n) is 8.87. The Bertz CT molecular complexity index is 813. The van der Waals surface area contributed by atoms with Crippen molar-refractivity contribution in [3.63, 3.8) is 0 Å². The monoisotopic (exact) mass is 356 g/mol. The van der Waals surface area contributed by atoms with Crippen molar-refractivity contribution in [2.75, 3.05) is 20.9 Å². The maximum absolute atomic E-state index is 13.5. The number of ether oxygens (including phenoxy) is 2. The standard InChI is InChI=1S/C19H24N4O3/c1-21(2)18(13-4-7-15-16(10-13)26-12-25-15)19(24)23(14-5-6-14)11-17-20-8-9-22(17)3/h4,7-10,14,18H,5-6,11-12H2,1-3H3/t18-/m0/s1. The van der Waals surface area contributed by atoms with E-state index < -0.39 is 0 Å². The molecule has 2 aromatic rings. The highest BCUT2D eigenvalue weighted by Gasteiger charge is 2.38. The molecule has 0 spiro atoms. The lowest BCUT2D eigenvalue weighted by molar-refractivity contribution is -0.137. The Morgan fingerprint density at radius 1 is 1.31 bits per heavy atom. The zero-order chi connectivity index (χ0) is 18.3. The number of hydrogen-bond acceptors (Lipinski definition) is 5. The number of nitrogens with zero attached hydrogens (tertiary/aromatic N) is 4. The van der Waals surface area contributed by atoms with Crippen molar-refractivity contribution in [1.82, 2.24) is 19.4 Å². The number of likely N-dealkylation sites (N-methyl/N-ethyl adjacent to an activating group) is 1. The molecule has 7 nitrogen and oxygen atoms in total. The summed E-state index contributed by atoms with van der Waals surface area (Å²) in [5.41, 5.74) is 0.912. The highest BCUT2D eigenvalue weighted by Crippen LogP contribution is 2.37. The minimum atomic E-state index is -0.370. The SMILES string of the molecule is CN(C)[C@H](C(=O)N(Cc1nccn1C)C1CC1)c1ccc2c(c1)OCO2. The Balaban J connectivity index is 1.62. The maximum Gasteiger partial charge on any atom is 0.245 e. The summed E-state index contributed by atoms with van der Waals surface area (Å²) in [6.07, 6.45) is 5.78. The number of rotatable bonds is 6. The van der Waals surface area contributed by atoms with Gasteiger partial charge in [0.15, 0.2) is 11.5 Å². The fourth-order valence-electron chi connectivity index (χ4n) is 3.38. The van der Waals surface area contributed by atoms with E-state index in [-0.39, 0.29) is 18.7 Å². The van der Waals surface area contributed by atoms with Gasteiger partial charge in [0.25, 0.3) is 0 Å². The molecule has 2 heterocycles. The number of carbonyl (C=O) groups is 1. The lowest BCUT2D eigenvalue weighted by Gasteiger charge is -2.31. The van der Waals surface area contributed by atoms with Gasteiger partial charge in [-0.1, -0.05) is 6.07 Å². The van der Waals surface area contributed by atoms with Crippen LogP contribution < -0.4 is 9.47 Å². The van der Waals surface area contributed by atoms with Gasteiger partial charge in [0.1, 0.15) is 11.9 Å². The van der Waals surface area contributed by atoms with Crippen LogP contribution in [0.2, 0.25) is 0 Å². The van der Waals surface area contributed by atoms with Gasteiger partial charge in [0.05, 0.1) is 6.54 Å². The zero-order valence-corrected chi connectivity index (χ0v) is 15.4. The van der Waals surface area contributed by atoms with E-state index >= 15 is 0 Å². The van der Waals surface area contributed by atoms with E-state index in [2.05, 4.69) is 4.98 Å². The molecule has 0 bridgehead atoms. The molecule has 0 unspecified atom stereocenters. The van der Waals surface area contributed by atoms with E-state index in [1.807, 2.05) is 59.9 Å². The number of fused-ring (bicyclic) bond motifs is 1. The number of benzene rings is 1.